The molecule has 4 bridgehead atoms. The van der Waals surface area contributed by atoms with Crippen molar-refractivity contribution in [2.75, 3.05) is 6.54 Å². The highest BCUT2D eigenvalue weighted by molar-refractivity contribution is 5.91. The van der Waals surface area contributed by atoms with Gasteiger partial charge in [-0.05, 0) is 79.9 Å². The van der Waals surface area contributed by atoms with Gasteiger partial charge in [-0.25, -0.2) is 9.90 Å². The Morgan fingerprint density at radius 1 is 0.974 bits per heavy atom. The van der Waals surface area contributed by atoms with Gasteiger partial charge in [-0.15, -0.1) is 0 Å². The van der Waals surface area contributed by atoms with E-state index in [0.29, 0.717) is 17.4 Å². The molecule has 0 aliphatic heterocycles. The van der Waals surface area contributed by atoms with Gasteiger partial charge in [-0.3, -0.25) is 4.79 Å². The Labute approximate surface area is 223 Å². The average molecular weight is 515 g/mol. The molecule has 0 saturated heterocycles. The Bertz CT molecular complexity index is 1280. The van der Waals surface area contributed by atoms with Crippen LogP contribution in [0.25, 0.3) is 10.9 Å². The number of fused-ring (bicyclic) bond motifs is 1. The minimum absolute atomic E-state index is 0.0708. The van der Waals surface area contributed by atoms with Crippen molar-refractivity contribution in [2.24, 2.45) is 23.7 Å². The van der Waals surface area contributed by atoms with Crippen LogP contribution in [0.4, 0.5) is 4.79 Å². The number of ether oxygens (including phenoxy) is 1. The first-order valence-corrected chi connectivity index (χ1v) is 13.9. The summed E-state index contributed by atoms with van der Waals surface area (Å²) >= 11 is 0. The Morgan fingerprint density at radius 3 is 2.34 bits per heavy atom. The molecule has 2 atom stereocenters. The standard InChI is InChI=1S/C31H36N3O4/c1-31(16-24-17-32-26-10-6-5-9-25(24)26,29(36)33-18-27(35)21-7-3-2-4-8-21)34-30(37)38-28-22-12-19-11-20(14-22)15-23(28)13-19/h2-10,17,19-20,22-23,27-28,32H,11-16,18H2,1H3,(H,33,36)(H,34,37)/t19?,20?,22?,23?,27-,28?,31+/m0/s1. The third-order valence-corrected chi connectivity index (χ3v) is 9.10. The number of aromatic amines is 1. The van der Waals surface area contributed by atoms with Crippen LogP contribution in [0.15, 0.2) is 60.8 Å². The van der Waals surface area contributed by atoms with Gasteiger partial charge >= 0.3 is 6.09 Å². The van der Waals surface area contributed by atoms with Gasteiger partial charge in [0.2, 0.25) is 5.91 Å². The molecule has 2 amide bonds. The number of benzene rings is 2. The molecule has 4 saturated carbocycles. The Morgan fingerprint density at radius 2 is 1.63 bits per heavy atom. The summed E-state index contributed by atoms with van der Waals surface area (Å²) < 4.78 is 6.08. The fourth-order valence-electron chi connectivity index (χ4n) is 7.45. The van der Waals surface area contributed by atoms with Crippen molar-refractivity contribution in [3.05, 3.63) is 71.9 Å². The average Bonchev–Trinajstić information content (AvgIpc) is 3.31. The zero-order valence-electron chi connectivity index (χ0n) is 21.8. The lowest BCUT2D eigenvalue weighted by atomic mass is 9.55. The van der Waals surface area contributed by atoms with Gasteiger partial charge in [-0.1, -0.05) is 48.5 Å². The molecule has 38 heavy (non-hydrogen) atoms. The second-order valence-corrected chi connectivity index (χ2v) is 11.9. The van der Waals surface area contributed by atoms with E-state index >= 15 is 0 Å². The van der Waals surface area contributed by atoms with Crippen molar-refractivity contribution in [3.63, 3.8) is 0 Å². The van der Waals surface area contributed by atoms with Crippen LogP contribution >= 0.6 is 0 Å². The first kappa shape index (κ1) is 25.0. The molecule has 4 aliphatic rings. The van der Waals surface area contributed by atoms with Crippen molar-refractivity contribution in [1.29, 1.82) is 0 Å². The van der Waals surface area contributed by atoms with E-state index in [2.05, 4.69) is 15.6 Å². The number of hydrogen-bond donors (Lipinski definition) is 3. The molecule has 0 spiro atoms. The zero-order chi connectivity index (χ0) is 26.3. The maximum Gasteiger partial charge on any atom is 0.408 e. The van der Waals surface area contributed by atoms with Crippen molar-refractivity contribution in [3.8, 4) is 0 Å². The van der Waals surface area contributed by atoms with Crippen molar-refractivity contribution < 1.29 is 19.4 Å². The molecule has 3 aromatic rings. The summed E-state index contributed by atoms with van der Waals surface area (Å²) in [5, 5.41) is 19.5. The predicted octanol–water partition coefficient (Wildman–Crippen LogP) is 5.31. The normalized spacial score (nSPS) is 28.0. The Kier molecular flexibility index (Phi) is 6.64. The van der Waals surface area contributed by atoms with E-state index in [9.17, 15) is 14.7 Å². The van der Waals surface area contributed by atoms with Crippen LogP contribution < -0.4 is 10.6 Å². The number of hydrogen-bond acceptors (Lipinski definition) is 3. The predicted molar refractivity (Wildman–Crippen MR) is 144 cm³/mol. The van der Waals surface area contributed by atoms with Gasteiger partial charge in [0.05, 0.1) is 6.54 Å². The zero-order valence-corrected chi connectivity index (χ0v) is 21.8. The molecule has 1 aromatic heterocycles. The molecule has 2 aromatic carbocycles. The number of carbonyl (C=O) groups is 2. The molecule has 0 unspecified atom stereocenters. The maximum absolute atomic E-state index is 13.6. The van der Waals surface area contributed by atoms with Crippen LogP contribution in [-0.2, 0) is 21.1 Å². The van der Waals surface area contributed by atoms with Crippen LogP contribution in [-0.4, -0.2) is 35.2 Å². The lowest BCUT2D eigenvalue weighted by Crippen LogP contribution is -2.60. The number of amides is 2. The van der Waals surface area contributed by atoms with Crippen LogP contribution in [0, 0.1) is 23.7 Å². The van der Waals surface area contributed by atoms with E-state index in [1.165, 1.54) is 6.42 Å². The summed E-state index contributed by atoms with van der Waals surface area (Å²) in [5.41, 5.74) is 1.19. The van der Waals surface area contributed by atoms with Crippen molar-refractivity contribution >= 4 is 22.9 Å². The van der Waals surface area contributed by atoms with Crippen LogP contribution in [0.1, 0.15) is 56.3 Å². The molecule has 7 heteroatoms. The van der Waals surface area contributed by atoms with Gasteiger partial charge in [0.25, 0.3) is 0 Å². The van der Waals surface area contributed by atoms with E-state index in [0.717, 1.165) is 54.0 Å². The first-order chi connectivity index (χ1) is 18.4. The third kappa shape index (κ3) is 4.92. The summed E-state index contributed by atoms with van der Waals surface area (Å²) in [6.45, 7) is 1.64. The fraction of sp³-hybridized carbons (Fsp3) is 0.484. The number of carbonyl (C=O) groups excluding carboxylic acids is 2. The van der Waals surface area contributed by atoms with E-state index in [-0.39, 0.29) is 19.1 Å². The second-order valence-electron chi connectivity index (χ2n) is 11.9. The number of H-pyrrole nitrogens is 1. The Balaban J connectivity index is 1.18. The largest absolute Gasteiger partial charge is 0.446 e. The van der Waals surface area contributed by atoms with Gasteiger partial charge in [0, 0.05) is 23.5 Å². The quantitative estimate of drug-likeness (QED) is 0.380. The Hall–Kier alpha value is -3.32. The molecule has 7 nitrogen and oxygen atoms in total. The molecule has 7 rings (SSSR count). The highest BCUT2D eigenvalue weighted by Gasteiger charge is 2.50. The molecule has 199 valence electrons. The van der Waals surface area contributed by atoms with Crippen LogP contribution in [0.2, 0.25) is 0 Å². The highest BCUT2D eigenvalue weighted by atomic mass is 16.6. The van der Waals surface area contributed by atoms with E-state index in [4.69, 9.17) is 4.74 Å². The topological polar surface area (TPSA) is 103 Å². The lowest BCUT2D eigenvalue weighted by molar-refractivity contribution is -0.128. The van der Waals surface area contributed by atoms with E-state index in [1.807, 2.05) is 48.7 Å². The lowest BCUT2D eigenvalue weighted by Gasteiger charge is -2.53. The van der Waals surface area contributed by atoms with E-state index < -0.39 is 23.6 Å². The summed E-state index contributed by atoms with van der Waals surface area (Å²) in [6, 6.07) is 16.9. The number of rotatable bonds is 8. The van der Waals surface area contributed by atoms with Crippen LogP contribution in [0.3, 0.4) is 0 Å². The number of nitrogens with one attached hydrogen (secondary N) is 3. The minimum Gasteiger partial charge on any atom is -0.446 e. The first-order valence-electron chi connectivity index (χ1n) is 13.9. The highest BCUT2D eigenvalue weighted by Crippen LogP contribution is 2.54. The SMILES string of the molecule is C[C@](Cc1c[nH]c2ccccc12)(NC(=O)OC1C2CC3CC(C2)CC1C3)C(=O)NC[C@H]([O])c1ccccc1. The molecule has 1 radical (unpaired) electrons. The molecule has 4 aliphatic carbocycles. The molecular weight excluding hydrogens is 478 g/mol. The van der Waals surface area contributed by atoms with Crippen LogP contribution in [0.5, 0.6) is 0 Å². The minimum atomic E-state index is -1.30. The molecular formula is C31H36N3O4. The van der Waals surface area contributed by atoms with Crippen molar-refractivity contribution in [2.45, 2.75) is 63.2 Å². The second kappa shape index (κ2) is 10.1. The van der Waals surface area contributed by atoms with Gasteiger partial charge in [0.15, 0.2) is 0 Å². The van der Waals surface area contributed by atoms with E-state index in [1.54, 1.807) is 19.1 Å². The number of alkyl carbamates (subject to hydrolysis) is 1. The maximum atomic E-state index is 13.6. The van der Waals surface area contributed by atoms with Crippen molar-refractivity contribution in [1.82, 2.24) is 15.6 Å². The monoisotopic (exact) mass is 514 g/mol. The smallest absolute Gasteiger partial charge is 0.408 e. The summed E-state index contributed by atoms with van der Waals surface area (Å²) in [7, 11) is 0. The third-order valence-electron chi connectivity index (χ3n) is 9.10. The summed E-state index contributed by atoms with van der Waals surface area (Å²) in [4.78, 5) is 30.2. The number of aromatic nitrogens is 1. The molecule has 1 heterocycles. The number of para-hydroxylation sites is 1. The molecule has 4 fully saturated rings. The van der Waals surface area contributed by atoms with Gasteiger partial charge in [-0.2, -0.15) is 0 Å². The summed E-state index contributed by atoms with van der Waals surface area (Å²) in [6.07, 6.45) is 6.30. The summed E-state index contributed by atoms with van der Waals surface area (Å²) in [5.74, 6) is 2.02. The van der Waals surface area contributed by atoms with Gasteiger partial charge in [0.1, 0.15) is 17.7 Å². The fourth-order valence-corrected chi connectivity index (χ4v) is 7.45. The molecule has 3 N–H and O–H groups in total. The van der Waals surface area contributed by atoms with Gasteiger partial charge < -0.3 is 20.4 Å².